The van der Waals surface area contributed by atoms with Crippen molar-refractivity contribution in [3.63, 3.8) is 0 Å². The van der Waals surface area contributed by atoms with Gasteiger partial charge in [0.15, 0.2) is 12.4 Å². The molecule has 0 spiro atoms. The minimum atomic E-state index is 0. The highest BCUT2D eigenvalue weighted by Crippen LogP contribution is 2.29. The number of likely N-dealkylation sites (N-methyl/N-ethyl adjacent to an activating group) is 1. The topological polar surface area (TPSA) is 44.9 Å². The Kier molecular flexibility index (Phi) is 5.41. The summed E-state index contributed by atoms with van der Waals surface area (Å²) in [5.74, 6) is 0. The van der Waals surface area contributed by atoms with Crippen molar-refractivity contribution < 1.29 is 39.9 Å². The first-order chi connectivity index (χ1) is 7.90. The molecule has 2 aromatic rings. The van der Waals surface area contributed by atoms with E-state index in [1.165, 1.54) is 16.5 Å². The molecular formula is C12H17Cl2N3O. The molecule has 4 nitrogen and oxygen atoms in total. The highest BCUT2D eigenvalue weighted by atomic mass is 35.5. The van der Waals surface area contributed by atoms with E-state index < -0.39 is 0 Å². The fraction of sp³-hybridized carbons (Fsp3) is 0.417. The van der Waals surface area contributed by atoms with E-state index in [0.29, 0.717) is 0 Å². The van der Waals surface area contributed by atoms with Gasteiger partial charge in [0.05, 0.1) is 24.7 Å². The molecule has 0 amide bonds. The molecule has 3 heterocycles. The van der Waals surface area contributed by atoms with Gasteiger partial charge in [-0.3, -0.25) is 0 Å². The maximum absolute atomic E-state index is 5.85. The number of hydrogen-bond donors (Lipinski definition) is 1. The van der Waals surface area contributed by atoms with Gasteiger partial charge in [-0.05, 0) is 0 Å². The van der Waals surface area contributed by atoms with Crippen molar-refractivity contribution in [2.24, 2.45) is 0 Å². The second-order valence-corrected chi connectivity index (χ2v) is 4.22. The van der Waals surface area contributed by atoms with E-state index in [1.54, 1.807) is 0 Å². The molecule has 0 fully saturated rings. The van der Waals surface area contributed by atoms with Gasteiger partial charge in [-0.2, -0.15) is 0 Å². The molecule has 3 N–H and O–H groups in total. The van der Waals surface area contributed by atoms with E-state index in [4.69, 9.17) is 4.74 Å². The third kappa shape index (κ3) is 2.47. The largest absolute Gasteiger partial charge is 1.00 e. The Balaban J connectivity index is 0.000000810. The summed E-state index contributed by atoms with van der Waals surface area (Å²) in [6, 6.07) is 2.14. The standard InChI is InChI=1S/C12H15N3O.2ClH/c1-13-7-11-12-10-2-3-14-6-9(10)8-15(12)4-5-16-11;;/h2-3,6,8,11,13H,4-5,7H2,1H3;2*1H. The molecule has 1 unspecified atom stereocenters. The van der Waals surface area contributed by atoms with Gasteiger partial charge >= 0.3 is 0 Å². The second kappa shape index (κ2) is 6.38. The molecule has 1 aliphatic heterocycles. The van der Waals surface area contributed by atoms with Crippen LogP contribution in [0, 0.1) is 0 Å². The number of rotatable bonds is 2. The first-order valence-corrected chi connectivity index (χ1v) is 5.78. The first-order valence-electron chi connectivity index (χ1n) is 5.78. The third-order valence-electron chi connectivity index (χ3n) is 3.18. The average molecular weight is 290 g/mol. The number of quaternary nitrogens is 1. The predicted octanol–water partition coefficient (Wildman–Crippen LogP) is -6.27. The number of H-pyrrole nitrogens is 1. The molecular weight excluding hydrogens is 273 g/mol. The monoisotopic (exact) mass is 289 g/mol. The second-order valence-electron chi connectivity index (χ2n) is 4.22. The Morgan fingerprint density at radius 3 is 3.11 bits per heavy atom. The zero-order chi connectivity index (χ0) is 11.0. The van der Waals surface area contributed by atoms with Crippen LogP contribution in [0.4, 0.5) is 0 Å². The highest BCUT2D eigenvalue weighted by molar-refractivity contribution is 5.84. The highest BCUT2D eigenvalue weighted by Gasteiger charge is 2.25. The van der Waals surface area contributed by atoms with Crippen molar-refractivity contribution in [3.8, 4) is 0 Å². The summed E-state index contributed by atoms with van der Waals surface area (Å²) >= 11 is 0. The van der Waals surface area contributed by atoms with Gasteiger partial charge < -0.3 is 39.4 Å². The number of nitrogens with one attached hydrogen (secondary N) is 1. The number of nitrogens with two attached hydrogens (primary N) is 1. The molecule has 1 atom stereocenters. The van der Waals surface area contributed by atoms with Gasteiger partial charge in [0.1, 0.15) is 12.6 Å². The summed E-state index contributed by atoms with van der Waals surface area (Å²) in [4.78, 5) is 3.13. The lowest BCUT2D eigenvalue weighted by Crippen LogP contribution is -3.00. The van der Waals surface area contributed by atoms with Crippen molar-refractivity contribution in [1.29, 1.82) is 0 Å². The third-order valence-corrected chi connectivity index (χ3v) is 3.18. The van der Waals surface area contributed by atoms with E-state index >= 15 is 0 Å². The molecule has 0 saturated carbocycles. The zero-order valence-corrected chi connectivity index (χ0v) is 11.7. The number of aromatic nitrogens is 2. The maximum atomic E-state index is 5.85. The molecule has 0 aliphatic carbocycles. The van der Waals surface area contributed by atoms with Crippen LogP contribution in [0.5, 0.6) is 0 Å². The van der Waals surface area contributed by atoms with E-state index in [9.17, 15) is 0 Å². The molecule has 1 aliphatic rings. The summed E-state index contributed by atoms with van der Waals surface area (Å²) in [5.41, 5.74) is 1.33. The molecule has 0 aromatic carbocycles. The summed E-state index contributed by atoms with van der Waals surface area (Å²) in [5, 5.41) is 4.75. The minimum Gasteiger partial charge on any atom is -1.00 e. The van der Waals surface area contributed by atoms with E-state index in [1.807, 2.05) is 12.4 Å². The van der Waals surface area contributed by atoms with E-state index in [0.717, 1.165) is 19.7 Å². The van der Waals surface area contributed by atoms with Crippen molar-refractivity contribution in [2.75, 3.05) is 20.2 Å². The van der Waals surface area contributed by atoms with Gasteiger partial charge in [-0.1, -0.05) is 0 Å². The van der Waals surface area contributed by atoms with Gasteiger partial charge in [0, 0.05) is 24.2 Å². The molecule has 18 heavy (non-hydrogen) atoms. The zero-order valence-electron chi connectivity index (χ0n) is 10.2. The Hall–Kier alpha value is -0.810. The number of aromatic amines is 1. The summed E-state index contributed by atoms with van der Waals surface area (Å²) in [6.07, 6.45) is 6.46. The summed E-state index contributed by atoms with van der Waals surface area (Å²) in [6.45, 7) is 2.76. The van der Waals surface area contributed by atoms with Crippen LogP contribution in [0.25, 0.3) is 10.8 Å². The van der Waals surface area contributed by atoms with Crippen molar-refractivity contribution in [3.05, 3.63) is 30.4 Å². The van der Waals surface area contributed by atoms with E-state index in [-0.39, 0.29) is 30.9 Å². The summed E-state index contributed by atoms with van der Waals surface area (Å²) in [7, 11) is 2.08. The molecule has 100 valence electrons. The number of halogens is 2. The van der Waals surface area contributed by atoms with Crippen molar-refractivity contribution in [2.45, 2.75) is 12.6 Å². The summed E-state index contributed by atoms with van der Waals surface area (Å²) < 4.78 is 8.18. The fourth-order valence-electron chi connectivity index (χ4n) is 2.48. The molecule has 0 bridgehead atoms. The minimum absolute atomic E-state index is 0. The SMILES string of the molecule is C[NH2+]CC1OCCn2cc3c[nH+]ccc3c21.[Cl-].[Cl-]. The van der Waals surface area contributed by atoms with Crippen LogP contribution in [0.2, 0.25) is 0 Å². The first kappa shape index (κ1) is 15.2. The lowest BCUT2D eigenvalue weighted by atomic mass is 10.1. The van der Waals surface area contributed by atoms with Gasteiger partial charge in [-0.15, -0.1) is 0 Å². The van der Waals surface area contributed by atoms with Crippen LogP contribution in [0.15, 0.2) is 24.7 Å². The van der Waals surface area contributed by atoms with Crippen molar-refractivity contribution >= 4 is 10.8 Å². The fourth-order valence-corrected chi connectivity index (χ4v) is 2.48. The van der Waals surface area contributed by atoms with Gasteiger partial charge in [0.25, 0.3) is 0 Å². The average Bonchev–Trinajstić information content (AvgIpc) is 2.68. The van der Waals surface area contributed by atoms with Crippen LogP contribution in [0.3, 0.4) is 0 Å². The number of hydrogen-bond acceptors (Lipinski definition) is 1. The lowest BCUT2D eigenvalue weighted by molar-refractivity contribution is -0.635. The van der Waals surface area contributed by atoms with Crippen LogP contribution >= 0.6 is 0 Å². The number of ether oxygens (including phenoxy) is 1. The Morgan fingerprint density at radius 2 is 2.33 bits per heavy atom. The molecule has 6 heteroatoms. The normalized spacial score (nSPS) is 17.7. The maximum Gasteiger partial charge on any atom is 0.176 e. The Labute approximate surface area is 119 Å². The van der Waals surface area contributed by atoms with Gasteiger partial charge in [0.2, 0.25) is 0 Å². The molecule has 0 saturated heterocycles. The van der Waals surface area contributed by atoms with Crippen molar-refractivity contribution in [1.82, 2.24) is 4.57 Å². The van der Waals surface area contributed by atoms with Gasteiger partial charge in [-0.25, -0.2) is 4.98 Å². The van der Waals surface area contributed by atoms with Crippen LogP contribution in [-0.4, -0.2) is 24.8 Å². The smallest absolute Gasteiger partial charge is 0.176 e. The number of nitrogens with zero attached hydrogens (tertiary/aromatic N) is 1. The quantitative estimate of drug-likeness (QED) is 0.588. The lowest BCUT2D eigenvalue weighted by Gasteiger charge is -2.24. The number of pyridine rings is 1. The number of fused-ring (bicyclic) bond motifs is 3. The van der Waals surface area contributed by atoms with Crippen LogP contribution in [-0.2, 0) is 11.3 Å². The molecule has 0 radical (unpaired) electrons. The van der Waals surface area contributed by atoms with Crippen LogP contribution < -0.4 is 35.1 Å². The Bertz CT molecular complexity index is 515. The molecule has 3 rings (SSSR count). The predicted molar refractivity (Wildman–Crippen MR) is 59.9 cm³/mol. The van der Waals surface area contributed by atoms with Crippen LogP contribution in [0.1, 0.15) is 11.8 Å². The molecule has 2 aromatic heterocycles. The Morgan fingerprint density at radius 1 is 1.50 bits per heavy atom. The van der Waals surface area contributed by atoms with E-state index in [2.05, 4.69) is 34.2 Å².